The minimum atomic E-state index is -1.81. The summed E-state index contributed by atoms with van der Waals surface area (Å²) in [6.45, 7) is 12.8. The molecule has 0 aromatic rings. The molecule has 26 atom stereocenters. The summed E-state index contributed by atoms with van der Waals surface area (Å²) in [4.78, 5) is 0. The van der Waals surface area contributed by atoms with Gasteiger partial charge in [0.15, 0.2) is 24.7 Å². The molecule has 1 spiro atoms. The van der Waals surface area contributed by atoms with Crippen LogP contribution in [-0.4, -0.2) is 164 Å². The highest BCUT2D eigenvalue weighted by atomic mass is 16.8. The van der Waals surface area contributed by atoms with Crippen LogP contribution in [-0.2, 0) is 37.9 Å². The minimum absolute atomic E-state index is 0.0210. The normalized spacial score (nSPS) is 58.4. The Kier molecular flexibility index (Phi) is 12.4. The molecule has 26 unspecified atom stereocenters. The van der Waals surface area contributed by atoms with Crippen LogP contribution in [0.15, 0.2) is 11.6 Å². The molecule has 61 heavy (non-hydrogen) atoms. The van der Waals surface area contributed by atoms with Crippen molar-refractivity contribution in [2.24, 2.45) is 46.3 Å². The van der Waals surface area contributed by atoms with E-state index in [1.54, 1.807) is 6.92 Å². The Morgan fingerprint density at radius 1 is 0.689 bits per heavy atom. The summed E-state index contributed by atoms with van der Waals surface area (Å²) in [5.41, 5.74) is 1.62. The monoisotopic (exact) mass is 868 g/mol. The molecular formula is C45H72O16. The lowest BCUT2D eigenvalue weighted by Gasteiger charge is -2.58. The third-order valence-electron chi connectivity index (χ3n) is 17.6. The fourth-order valence-corrected chi connectivity index (χ4v) is 14.0. The molecule has 16 heteroatoms. The zero-order valence-electron chi connectivity index (χ0n) is 36.5. The maximum atomic E-state index is 11.4. The average molecular weight is 869 g/mol. The van der Waals surface area contributed by atoms with E-state index in [1.807, 2.05) is 0 Å². The summed E-state index contributed by atoms with van der Waals surface area (Å²) < 4.78 is 49.6. The number of hydrogen-bond acceptors (Lipinski definition) is 16. The van der Waals surface area contributed by atoms with Gasteiger partial charge in [0, 0.05) is 12.3 Å². The van der Waals surface area contributed by atoms with Crippen LogP contribution >= 0.6 is 0 Å². The van der Waals surface area contributed by atoms with Crippen LogP contribution in [0.5, 0.6) is 0 Å². The summed E-state index contributed by atoms with van der Waals surface area (Å²) in [5.74, 6) is 2.76. The second kappa shape index (κ2) is 16.8. The maximum absolute atomic E-state index is 11.4. The number of aliphatic hydroxyl groups excluding tert-OH is 8. The molecule has 0 aromatic heterocycles. The van der Waals surface area contributed by atoms with Gasteiger partial charge in [0.1, 0.15) is 61.0 Å². The Morgan fingerprint density at radius 3 is 2.05 bits per heavy atom. The van der Waals surface area contributed by atoms with Gasteiger partial charge in [0.05, 0.1) is 37.6 Å². The second-order valence-corrected chi connectivity index (χ2v) is 21.1. The Bertz CT molecular complexity index is 1590. The predicted octanol–water partition coefficient (Wildman–Crippen LogP) is 1.24. The van der Waals surface area contributed by atoms with Crippen LogP contribution in [0.25, 0.3) is 0 Å². The van der Waals surface area contributed by atoms with Gasteiger partial charge in [-0.15, -0.1) is 0 Å². The number of hydrogen-bond donors (Lipinski definition) is 8. The molecule has 5 heterocycles. The molecule has 0 amide bonds. The van der Waals surface area contributed by atoms with Crippen molar-refractivity contribution in [1.82, 2.24) is 0 Å². The Morgan fingerprint density at radius 2 is 1.34 bits per heavy atom. The molecule has 0 aromatic carbocycles. The molecule has 9 rings (SSSR count). The SMILES string of the molecule is CC1CCC2(OC1)OC1CC3C4CC=C5CC(OC6OC(C)C(O)C(O)C6OC6OC(CO)C(OC7OC(C)C(O)C(O)C7O)C(O)C6O)CCC5(C)C4CCC3(C)C1C2C. The van der Waals surface area contributed by atoms with Gasteiger partial charge in [0.25, 0.3) is 0 Å². The summed E-state index contributed by atoms with van der Waals surface area (Å²) >= 11 is 0. The van der Waals surface area contributed by atoms with Crippen molar-refractivity contribution >= 4 is 0 Å². The molecule has 16 nitrogen and oxygen atoms in total. The third-order valence-corrected chi connectivity index (χ3v) is 17.6. The molecule has 3 saturated carbocycles. The zero-order chi connectivity index (χ0) is 43.5. The lowest BCUT2D eigenvalue weighted by Crippen LogP contribution is -2.66. The number of fused-ring (bicyclic) bond motifs is 7. The molecule has 4 aliphatic carbocycles. The molecule has 5 aliphatic heterocycles. The first kappa shape index (κ1) is 45.3. The van der Waals surface area contributed by atoms with Crippen molar-refractivity contribution in [3.05, 3.63) is 11.6 Å². The van der Waals surface area contributed by atoms with Gasteiger partial charge in [-0.25, -0.2) is 0 Å². The fourth-order valence-electron chi connectivity index (χ4n) is 14.0. The highest BCUT2D eigenvalue weighted by molar-refractivity contribution is 5.26. The van der Waals surface area contributed by atoms with Crippen molar-refractivity contribution in [1.29, 1.82) is 0 Å². The summed E-state index contributed by atoms with van der Waals surface area (Å²) in [5, 5.41) is 85.9. The third kappa shape index (κ3) is 7.42. The number of aliphatic hydroxyl groups is 8. The highest BCUT2D eigenvalue weighted by Gasteiger charge is 2.69. The van der Waals surface area contributed by atoms with Gasteiger partial charge in [-0.05, 0) is 106 Å². The van der Waals surface area contributed by atoms with Crippen molar-refractivity contribution in [3.8, 4) is 0 Å². The molecule has 8 fully saturated rings. The van der Waals surface area contributed by atoms with E-state index in [2.05, 4.69) is 33.8 Å². The predicted molar refractivity (Wildman–Crippen MR) is 213 cm³/mol. The Labute approximate surface area is 358 Å². The lowest BCUT2D eigenvalue weighted by molar-refractivity contribution is -0.384. The van der Waals surface area contributed by atoms with Crippen LogP contribution in [0.3, 0.4) is 0 Å². The summed E-state index contributed by atoms with van der Waals surface area (Å²) in [7, 11) is 0. The maximum Gasteiger partial charge on any atom is 0.187 e. The van der Waals surface area contributed by atoms with Crippen LogP contribution in [0.1, 0.15) is 99.3 Å². The van der Waals surface area contributed by atoms with E-state index < -0.39 is 105 Å². The van der Waals surface area contributed by atoms with Gasteiger partial charge in [-0.2, -0.15) is 0 Å². The molecule has 0 bridgehead atoms. The topological polar surface area (TPSA) is 236 Å². The summed E-state index contributed by atoms with van der Waals surface area (Å²) in [6.07, 6.45) is -10.0. The van der Waals surface area contributed by atoms with Crippen molar-refractivity contribution in [2.75, 3.05) is 13.2 Å². The largest absolute Gasteiger partial charge is 0.394 e. The van der Waals surface area contributed by atoms with Gasteiger partial charge in [-0.3, -0.25) is 0 Å². The average Bonchev–Trinajstić information content (AvgIpc) is 3.68. The van der Waals surface area contributed by atoms with Gasteiger partial charge < -0.3 is 78.7 Å². The Balaban J connectivity index is 0.861. The fraction of sp³-hybridized carbons (Fsp3) is 0.956. The molecule has 8 N–H and O–H groups in total. The van der Waals surface area contributed by atoms with Crippen LogP contribution in [0.4, 0.5) is 0 Å². The van der Waals surface area contributed by atoms with E-state index in [0.717, 1.165) is 45.1 Å². The number of allylic oxidation sites excluding steroid dienone is 1. The van der Waals surface area contributed by atoms with Gasteiger partial charge in [-0.1, -0.05) is 39.3 Å². The zero-order valence-corrected chi connectivity index (χ0v) is 36.5. The van der Waals surface area contributed by atoms with E-state index in [-0.39, 0.29) is 23.0 Å². The lowest BCUT2D eigenvalue weighted by atomic mass is 9.47. The molecule has 5 saturated heterocycles. The standard InChI is InChI=1S/C45H72O16/c1-19-9-14-45(54-18-19)20(2)30-28(61-45)16-27-25-8-7-23-15-24(10-12-43(23,5)26(25)11-13-44(27,30)6)57-42-39(34(50)32(48)22(4)56-42)60-41-37(53)35(51)38(29(17-46)58-41)59-40-36(52)33(49)31(47)21(3)55-40/h7,19-22,24-42,46-53H,8-18H2,1-6H3. The molecule has 0 radical (unpaired) electrons. The first-order chi connectivity index (χ1) is 28.9. The van der Waals surface area contributed by atoms with Gasteiger partial charge >= 0.3 is 0 Å². The van der Waals surface area contributed by atoms with E-state index in [1.165, 1.54) is 25.3 Å². The molecule has 348 valence electrons. The molecular weight excluding hydrogens is 796 g/mol. The number of ether oxygens (including phenoxy) is 8. The van der Waals surface area contributed by atoms with E-state index in [4.69, 9.17) is 37.9 Å². The number of rotatable bonds is 7. The van der Waals surface area contributed by atoms with E-state index >= 15 is 0 Å². The quantitative estimate of drug-likeness (QED) is 0.168. The first-order valence-corrected chi connectivity index (χ1v) is 23.2. The molecule has 9 aliphatic rings. The smallest absolute Gasteiger partial charge is 0.187 e. The van der Waals surface area contributed by atoms with Crippen molar-refractivity contribution < 1.29 is 78.7 Å². The second-order valence-electron chi connectivity index (χ2n) is 21.1. The Hall–Kier alpha value is -0.900. The van der Waals surface area contributed by atoms with E-state index in [9.17, 15) is 40.9 Å². The van der Waals surface area contributed by atoms with E-state index in [0.29, 0.717) is 41.9 Å². The van der Waals surface area contributed by atoms with Gasteiger partial charge in [0.2, 0.25) is 0 Å². The highest BCUT2D eigenvalue weighted by Crippen LogP contribution is 2.70. The van der Waals surface area contributed by atoms with Crippen LogP contribution in [0.2, 0.25) is 0 Å². The van der Waals surface area contributed by atoms with Crippen LogP contribution in [0, 0.1) is 46.3 Å². The first-order valence-electron chi connectivity index (χ1n) is 23.2. The van der Waals surface area contributed by atoms with Crippen molar-refractivity contribution in [3.63, 3.8) is 0 Å². The minimum Gasteiger partial charge on any atom is -0.394 e. The summed E-state index contributed by atoms with van der Waals surface area (Å²) in [6, 6.07) is 0. The van der Waals surface area contributed by atoms with Crippen molar-refractivity contribution in [2.45, 2.75) is 209 Å². The van der Waals surface area contributed by atoms with Crippen LogP contribution < -0.4 is 0 Å².